The first-order chi connectivity index (χ1) is 12.4. The van der Waals surface area contributed by atoms with Gasteiger partial charge in [0.1, 0.15) is 6.04 Å². The molecule has 134 valence electrons. The molecule has 0 N–H and O–H groups in total. The second-order valence-corrected chi connectivity index (χ2v) is 6.25. The number of nitrogens with zero attached hydrogens (tertiary/aromatic N) is 3. The predicted octanol–water partition coefficient (Wildman–Crippen LogP) is 2.78. The third-order valence-electron chi connectivity index (χ3n) is 4.65. The van der Waals surface area contributed by atoms with Gasteiger partial charge in [0, 0.05) is 36.5 Å². The first-order valence-electron chi connectivity index (χ1n) is 8.32. The summed E-state index contributed by atoms with van der Waals surface area (Å²) in [5.74, 6) is -0.439. The van der Waals surface area contributed by atoms with Crippen molar-refractivity contribution in [2.75, 3.05) is 18.0 Å². The van der Waals surface area contributed by atoms with E-state index in [2.05, 4.69) is 0 Å². The number of benzene rings is 2. The summed E-state index contributed by atoms with van der Waals surface area (Å²) in [6.45, 7) is 4.46. The predicted molar refractivity (Wildman–Crippen MR) is 97.1 cm³/mol. The van der Waals surface area contributed by atoms with Gasteiger partial charge in [-0.1, -0.05) is 18.2 Å². The summed E-state index contributed by atoms with van der Waals surface area (Å²) in [6.07, 6.45) is 0. The molecule has 7 heteroatoms. The summed E-state index contributed by atoms with van der Waals surface area (Å²) in [6, 6.07) is 12.5. The molecule has 0 aromatic heterocycles. The van der Waals surface area contributed by atoms with E-state index in [1.807, 2.05) is 31.2 Å². The number of carbonyl (C=O) groups excluding carboxylic acids is 2. The number of anilines is 1. The molecule has 2 aromatic rings. The smallest absolute Gasteiger partial charge is 0.269 e. The molecule has 3 rings (SSSR count). The van der Waals surface area contributed by atoms with Gasteiger partial charge < -0.3 is 9.80 Å². The van der Waals surface area contributed by atoms with E-state index in [1.54, 1.807) is 11.8 Å². The molecule has 1 fully saturated rings. The van der Waals surface area contributed by atoms with E-state index in [1.165, 1.54) is 29.2 Å². The number of aryl methyl sites for hydroxylation is 1. The minimum Gasteiger partial charge on any atom is -0.325 e. The Balaban J connectivity index is 1.79. The Labute approximate surface area is 151 Å². The van der Waals surface area contributed by atoms with E-state index < -0.39 is 11.0 Å². The highest BCUT2D eigenvalue weighted by Gasteiger charge is 2.35. The van der Waals surface area contributed by atoms with Gasteiger partial charge in [-0.25, -0.2) is 0 Å². The van der Waals surface area contributed by atoms with Crippen molar-refractivity contribution in [3.63, 3.8) is 0 Å². The summed E-state index contributed by atoms with van der Waals surface area (Å²) in [4.78, 5) is 39.0. The lowest BCUT2D eigenvalue weighted by Crippen LogP contribution is -2.57. The lowest BCUT2D eigenvalue weighted by Gasteiger charge is -2.39. The number of nitro groups is 1. The molecule has 0 aliphatic carbocycles. The van der Waals surface area contributed by atoms with E-state index in [4.69, 9.17) is 0 Å². The summed E-state index contributed by atoms with van der Waals surface area (Å²) in [5, 5.41) is 10.7. The van der Waals surface area contributed by atoms with Crippen LogP contribution in [0.25, 0.3) is 0 Å². The third kappa shape index (κ3) is 3.15. The molecule has 0 saturated carbocycles. The molecule has 1 atom stereocenters. The van der Waals surface area contributed by atoms with Crippen molar-refractivity contribution in [1.82, 2.24) is 4.90 Å². The molecule has 26 heavy (non-hydrogen) atoms. The first kappa shape index (κ1) is 17.6. The van der Waals surface area contributed by atoms with Crippen molar-refractivity contribution < 1.29 is 14.5 Å². The molecule has 1 heterocycles. The Kier molecular flexibility index (Phi) is 4.71. The van der Waals surface area contributed by atoms with Gasteiger partial charge in [-0.15, -0.1) is 0 Å². The Morgan fingerprint density at radius 1 is 1.12 bits per heavy atom. The highest BCUT2D eigenvalue weighted by atomic mass is 16.6. The number of non-ortho nitro benzene ring substituents is 1. The molecule has 2 aromatic carbocycles. The maximum atomic E-state index is 12.8. The van der Waals surface area contributed by atoms with Crippen molar-refractivity contribution in [1.29, 1.82) is 0 Å². The van der Waals surface area contributed by atoms with E-state index in [9.17, 15) is 19.7 Å². The zero-order valence-electron chi connectivity index (χ0n) is 14.6. The van der Waals surface area contributed by atoms with Crippen molar-refractivity contribution in [3.8, 4) is 0 Å². The summed E-state index contributed by atoms with van der Waals surface area (Å²) in [7, 11) is 0. The zero-order chi connectivity index (χ0) is 18.8. The Morgan fingerprint density at radius 3 is 2.38 bits per heavy atom. The number of carbonyl (C=O) groups is 2. The van der Waals surface area contributed by atoms with Gasteiger partial charge >= 0.3 is 0 Å². The van der Waals surface area contributed by atoms with Gasteiger partial charge in [0.2, 0.25) is 5.91 Å². The van der Waals surface area contributed by atoms with E-state index >= 15 is 0 Å². The molecular formula is C19H19N3O4. The average Bonchev–Trinajstić information content (AvgIpc) is 2.64. The van der Waals surface area contributed by atoms with Crippen LogP contribution in [0.5, 0.6) is 0 Å². The Bertz CT molecular complexity index is 863. The molecule has 0 spiro atoms. The summed E-state index contributed by atoms with van der Waals surface area (Å²) < 4.78 is 0. The van der Waals surface area contributed by atoms with Gasteiger partial charge in [0.25, 0.3) is 11.6 Å². The number of hydrogen-bond donors (Lipinski definition) is 0. The van der Waals surface area contributed by atoms with Crippen LogP contribution in [0.3, 0.4) is 0 Å². The average molecular weight is 353 g/mol. The molecule has 0 bridgehead atoms. The number of rotatable bonds is 3. The minimum absolute atomic E-state index is 0.0740. The Morgan fingerprint density at radius 2 is 1.77 bits per heavy atom. The maximum absolute atomic E-state index is 12.8. The molecular weight excluding hydrogens is 334 g/mol. The monoisotopic (exact) mass is 353 g/mol. The number of nitro benzene ring substituents is 1. The fourth-order valence-electron chi connectivity index (χ4n) is 3.14. The number of hydrogen-bond acceptors (Lipinski definition) is 4. The number of piperazine rings is 1. The van der Waals surface area contributed by atoms with Crippen LogP contribution in [0, 0.1) is 17.0 Å². The van der Waals surface area contributed by atoms with Crippen LogP contribution in [0.1, 0.15) is 22.8 Å². The molecule has 0 unspecified atom stereocenters. The summed E-state index contributed by atoms with van der Waals surface area (Å²) in [5.41, 5.74) is 2.12. The van der Waals surface area contributed by atoms with Crippen LogP contribution in [-0.4, -0.2) is 40.8 Å². The standard InChI is InChI=1S/C19H19N3O4/c1-13-5-3-4-6-17(13)21-12-11-20(14(2)18(21)23)19(24)15-7-9-16(10-8-15)22(25)26/h3-10,14H,11-12H2,1-2H3/t14-/m1/s1. The van der Waals surface area contributed by atoms with Gasteiger partial charge in [-0.3, -0.25) is 19.7 Å². The lowest BCUT2D eigenvalue weighted by molar-refractivity contribution is -0.384. The number of amides is 2. The fourth-order valence-corrected chi connectivity index (χ4v) is 3.14. The SMILES string of the molecule is Cc1ccccc1N1CCN(C(=O)c2ccc([N+](=O)[O-])cc2)[C@H](C)C1=O. The quantitative estimate of drug-likeness (QED) is 0.627. The molecule has 0 radical (unpaired) electrons. The van der Waals surface area contributed by atoms with Crippen molar-refractivity contribution in [3.05, 3.63) is 69.8 Å². The van der Waals surface area contributed by atoms with Gasteiger partial charge in [0.15, 0.2) is 0 Å². The van der Waals surface area contributed by atoms with Crippen LogP contribution in [0.2, 0.25) is 0 Å². The molecule has 1 aliphatic heterocycles. The van der Waals surface area contributed by atoms with Crippen LogP contribution in [-0.2, 0) is 4.79 Å². The normalized spacial score (nSPS) is 17.3. The second-order valence-electron chi connectivity index (χ2n) is 6.25. The second kappa shape index (κ2) is 6.95. The first-order valence-corrected chi connectivity index (χ1v) is 8.32. The van der Waals surface area contributed by atoms with Crippen molar-refractivity contribution >= 4 is 23.2 Å². The zero-order valence-corrected chi connectivity index (χ0v) is 14.6. The highest BCUT2D eigenvalue weighted by Crippen LogP contribution is 2.25. The van der Waals surface area contributed by atoms with Crippen LogP contribution in [0.15, 0.2) is 48.5 Å². The number of para-hydroxylation sites is 1. The third-order valence-corrected chi connectivity index (χ3v) is 4.65. The van der Waals surface area contributed by atoms with Crippen LogP contribution in [0.4, 0.5) is 11.4 Å². The van der Waals surface area contributed by atoms with Gasteiger partial charge in [-0.05, 0) is 37.6 Å². The lowest BCUT2D eigenvalue weighted by atomic mass is 10.1. The van der Waals surface area contributed by atoms with Crippen LogP contribution >= 0.6 is 0 Å². The molecule has 1 aliphatic rings. The van der Waals surface area contributed by atoms with Gasteiger partial charge in [-0.2, -0.15) is 0 Å². The molecule has 2 amide bonds. The van der Waals surface area contributed by atoms with E-state index in [0.717, 1.165) is 11.3 Å². The van der Waals surface area contributed by atoms with Crippen LogP contribution < -0.4 is 4.90 Å². The fraction of sp³-hybridized carbons (Fsp3) is 0.263. The van der Waals surface area contributed by atoms with Crippen molar-refractivity contribution in [2.24, 2.45) is 0 Å². The highest BCUT2D eigenvalue weighted by molar-refractivity contribution is 6.03. The van der Waals surface area contributed by atoms with Gasteiger partial charge in [0.05, 0.1) is 4.92 Å². The van der Waals surface area contributed by atoms with E-state index in [0.29, 0.717) is 18.7 Å². The topological polar surface area (TPSA) is 83.8 Å². The summed E-state index contributed by atoms with van der Waals surface area (Å²) >= 11 is 0. The van der Waals surface area contributed by atoms with E-state index in [-0.39, 0.29) is 17.5 Å². The van der Waals surface area contributed by atoms with Crippen molar-refractivity contribution in [2.45, 2.75) is 19.9 Å². The Hall–Kier alpha value is -3.22. The maximum Gasteiger partial charge on any atom is 0.269 e. The molecule has 1 saturated heterocycles. The molecule has 7 nitrogen and oxygen atoms in total. The largest absolute Gasteiger partial charge is 0.325 e. The minimum atomic E-state index is -0.606.